The highest BCUT2D eigenvalue weighted by atomic mass is 32.1. The van der Waals surface area contributed by atoms with Crippen LogP contribution in [-0.4, -0.2) is 48.1 Å². The fourth-order valence-electron chi connectivity index (χ4n) is 2.47. The molecule has 0 aliphatic heterocycles. The molecule has 150 valence electrons. The highest BCUT2D eigenvalue weighted by Gasteiger charge is 2.27. The van der Waals surface area contributed by atoms with Gasteiger partial charge in [-0.1, -0.05) is 30.3 Å². The molecule has 0 spiro atoms. The van der Waals surface area contributed by atoms with Crippen molar-refractivity contribution in [3.8, 4) is 0 Å². The van der Waals surface area contributed by atoms with Gasteiger partial charge in [0.25, 0.3) is 0 Å². The number of hydrogen-bond acceptors (Lipinski definition) is 6. The Kier molecular flexibility index (Phi) is 10.5. The van der Waals surface area contributed by atoms with Crippen molar-refractivity contribution in [2.75, 3.05) is 12.3 Å². The van der Waals surface area contributed by atoms with Gasteiger partial charge >= 0.3 is 0 Å². The Bertz CT molecular complexity index is 614. The molecule has 8 N–H and O–H groups in total. The van der Waals surface area contributed by atoms with Crippen molar-refractivity contribution in [1.82, 2.24) is 10.6 Å². The largest absolute Gasteiger partial charge is 0.368 e. The number of carbonyl (C=O) groups is 3. The molecular weight excluding hydrogens is 366 g/mol. The Hall–Kier alpha value is -2.10. The lowest BCUT2D eigenvalue weighted by Gasteiger charge is -2.23. The van der Waals surface area contributed by atoms with E-state index in [2.05, 4.69) is 23.3 Å². The fourth-order valence-corrected chi connectivity index (χ4v) is 2.64. The van der Waals surface area contributed by atoms with E-state index in [0.29, 0.717) is 19.4 Å². The summed E-state index contributed by atoms with van der Waals surface area (Å²) in [5, 5.41) is 5.26. The average Bonchev–Trinajstić information content (AvgIpc) is 2.66. The highest BCUT2D eigenvalue weighted by molar-refractivity contribution is 7.80. The van der Waals surface area contributed by atoms with E-state index in [0.717, 1.165) is 12.0 Å². The Labute approximate surface area is 165 Å². The van der Waals surface area contributed by atoms with Crippen LogP contribution in [0.25, 0.3) is 0 Å². The highest BCUT2D eigenvalue weighted by Crippen LogP contribution is 2.06. The van der Waals surface area contributed by atoms with Crippen LogP contribution in [0.1, 0.15) is 24.8 Å². The number of unbranched alkanes of at least 4 members (excludes halogenated alkanes) is 1. The van der Waals surface area contributed by atoms with Gasteiger partial charge in [0, 0.05) is 12.2 Å². The molecule has 8 nitrogen and oxygen atoms in total. The van der Waals surface area contributed by atoms with E-state index in [4.69, 9.17) is 17.2 Å². The monoisotopic (exact) mass is 395 g/mol. The van der Waals surface area contributed by atoms with E-state index in [9.17, 15) is 14.4 Å². The van der Waals surface area contributed by atoms with E-state index >= 15 is 0 Å². The molecule has 0 radical (unpaired) electrons. The SMILES string of the molecule is NCCCC[C@H](NC(=O)[C@H](Cc1ccccc1)NC(=O)[C@@H](N)CS)C(N)=O. The number of primary amides is 1. The molecule has 1 aromatic carbocycles. The minimum atomic E-state index is -0.887. The number of amides is 3. The molecule has 0 aliphatic rings. The standard InChI is InChI=1S/C18H29N5O3S/c19-9-5-4-8-14(16(21)24)22-18(26)15(23-17(25)13(20)11-27)10-12-6-2-1-3-7-12/h1-3,6-7,13-15,27H,4-5,8-11,19-20H2,(H2,21,24)(H,22,26)(H,23,25)/t13-,14-,15-/m0/s1. The molecule has 0 heterocycles. The van der Waals surface area contributed by atoms with Crippen molar-refractivity contribution in [3.63, 3.8) is 0 Å². The third-order valence-electron chi connectivity index (χ3n) is 4.06. The lowest BCUT2D eigenvalue weighted by atomic mass is 10.0. The molecule has 0 saturated carbocycles. The van der Waals surface area contributed by atoms with Gasteiger partial charge in [-0.05, 0) is 31.4 Å². The molecule has 3 amide bonds. The van der Waals surface area contributed by atoms with Gasteiger partial charge < -0.3 is 27.8 Å². The van der Waals surface area contributed by atoms with Crippen LogP contribution in [0.5, 0.6) is 0 Å². The zero-order valence-corrected chi connectivity index (χ0v) is 16.2. The second kappa shape index (κ2) is 12.3. The van der Waals surface area contributed by atoms with Gasteiger partial charge in [-0.2, -0.15) is 12.6 Å². The first-order chi connectivity index (χ1) is 12.9. The van der Waals surface area contributed by atoms with Gasteiger partial charge in [-0.3, -0.25) is 14.4 Å². The van der Waals surface area contributed by atoms with Gasteiger partial charge in [0.2, 0.25) is 17.7 Å². The minimum Gasteiger partial charge on any atom is -0.368 e. The van der Waals surface area contributed by atoms with Gasteiger partial charge in [0.05, 0.1) is 6.04 Å². The molecule has 1 rings (SSSR count). The maximum Gasteiger partial charge on any atom is 0.243 e. The number of hydrogen-bond donors (Lipinski definition) is 6. The van der Waals surface area contributed by atoms with E-state index in [1.165, 1.54) is 0 Å². The third-order valence-corrected chi connectivity index (χ3v) is 4.45. The van der Waals surface area contributed by atoms with Crippen LogP contribution >= 0.6 is 12.6 Å². The Morgan fingerprint density at radius 3 is 2.19 bits per heavy atom. The first-order valence-electron chi connectivity index (χ1n) is 8.89. The minimum absolute atomic E-state index is 0.147. The number of carbonyl (C=O) groups excluding carboxylic acids is 3. The Balaban J connectivity index is 2.86. The lowest BCUT2D eigenvalue weighted by Crippen LogP contribution is -2.56. The van der Waals surface area contributed by atoms with Gasteiger partial charge in [-0.15, -0.1) is 0 Å². The van der Waals surface area contributed by atoms with Crippen LogP contribution in [0.3, 0.4) is 0 Å². The molecule has 1 aromatic rings. The van der Waals surface area contributed by atoms with E-state index in [-0.39, 0.29) is 12.2 Å². The quantitative estimate of drug-likeness (QED) is 0.199. The maximum absolute atomic E-state index is 12.7. The predicted molar refractivity (Wildman–Crippen MR) is 108 cm³/mol. The van der Waals surface area contributed by atoms with Crippen LogP contribution in [-0.2, 0) is 20.8 Å². The summed E-state index contributed by atoms with van der Waals surface area (Å²) in [6.07, 6.45) is 2.03. The average molecular weight is 396 g/mol. The lowest BCUT2D eigenvalue weighted by molar-refractivity contribution is -0.131. The zero-order valence-electron chi connectivity index (χ0n) is 15.3. The van der Waals surface area contributed by atoms with Crippen LogP contribution < -0.4 is 27.8 Å². The third kappa shape index (κ3) is 8.42. The predicted octanol–water partition coefficient (Wildman–Crippen LogP) is -0.930. The summed E-state index contributed by atoms with van der Waals surface area (Å²) in [4.78, 5) is 36.5. The van der Waals surface area contributed by atoms with E-state index < -0.39 is 35.8 Å². The first kappa shape index (κ1) is 22.9. The molecule has 0 aromatic heterocycles. The summed E-state index contributed by atoms with van der Waals surface area (Å²) in [6, 6.07) is 6.68. The molecule has 3 atom stereocenters. The summed E-state index contributed by atoms with van der Waals surface area (Å²) in [5.74, 6) is -1.46. The molecule has 0 bridgehead atoms. The molecule has 0 unspecified atom stereocenters. The topological polar surface area (TPSA) is 153 Å². The first-order valence-corrected chi connectivity index (χ1v) is 9.52. The Morgan fingerprint density at radius 2 is 1.63 bits per heavy atom. The molecule has 0 saturated heterocycles. The van der Waals surface area contributed by atoms with Gasteiger partial charge in [0.15, 0.2) is 0 Å². The normalized spacial score (nSPS) is 14.0. The van der Waals surface area contributed by atoms with Crippen LogP contribution in [0, 0.1) is 0 Å². The number of nitrogens with two attached hydrogens (primary N) is 3. The van der Waals surface area contributed by atoms with E-state index in [1.807, 2.05) is 30.3 Å². The molecular formula is C18H29N5O3S. The van der Waals surface area contributed by atoms with Crippen molar-refractivity contribution in [1.29, 1.82) is 0 Å². The smallest absolute Gasteiger partial charge is 0.243 e. The van der Waals surface area contributed by atoms with Crippen LogP contribution in [0.2, 0.25) is 0 Å². The summed E-state index contributed by atoms with van der Waals surface area (Å²) < 4.78 is 0. The van der Waals surface area contributed by atoms with Crippen LogP contribution in [0.15, 0.2) is 30.3 Å². The Morgan fingerprint density at radius 1 is 1.00 bits per heavy atom. The second-order valence-electron chi connectivity index (χ2n) is 6.29. The number of benzene rings is 1. The molecule has 0 fully saturated rings. The van der Waals surface area contributed by atoms with Crippen molar-refractivity contribution in [2.24, 2.45) is 17.2 Å². The van der Waals surface area contributed by atoms with Crippen molar-refractivity contribution < 1.29 is 14.4 Å². The van der Waals surface area contributed by atoms with Crippen molar-refractivity contribution in [2.45, 2.75) is 43.8 Å². The fraction of sp³-hybridized carbons (Fsp3) is 0.500. The molecule has 27 heavy (non-hydrogen) atoms. The van der Waals surface area contributed by atoms with Crippen LogP contribution in [0.4, 0.5) is 0 Å². The summed E-state index contributed by atoms with van der Waals surface area (Å²) in [7, 11) is 0. The molecule has 9 heteroatoms. The summed E-state index contributed by atoms with van der Waals surface area (Å²) >= 11 is 4.00. The van der Waals surface area contributed by atoms with Gasteiger partial charge in [-0.25, -0.2) is 0 Å². The number of nitrogens with one attached hydrogen (secondary N) is 2. The maximum atomic E-state index is 12.7. The number of rotatable bonds is 12. The van der Waals surface area contributed by atoms with E-state index in [1.54, 1.807) is 0 Å². The van der Waals surface area contributed by atoms with Gasteiger partial charge in [0.1, 0.15) is 12.1 Å². The summed E-state index contributed by atoms with van der Waals surface area (Å²) in [6.45, 7) is 0.494. The zero-order chi connectivity index (χ0) is 20.2. The number of thiol groups is 1. The molecule has 0 aliphatic carbocycles. The van der Waals surface area contributed by atoms with Crippen molar-refractivity contribution >= 4 is 30.4 Å². The van der Waals surface area contributed by atoms with Crippen molar-refractivity contribution in [3.05, 3.63) is 35.9 Å². The summed E-state index contributed by atoms with van der Waals surface area (Å²) in [5.41, 5.74) is 17.4. The second-order valence-corrected chi connectivity index (χ2v) is 6.65.